The first-order valence-corrected chi connectivity index (χ1v) is 8.96. The number of rotatable bonds is 4. The van der Waals surface area contributed by atoms with E-state index in [1.807, 2.05) is 36.4 Å². The highest BCUT2D eigenvalue weighted by Gasteiger charge is 2.12. The molecule has 0 heterocycles. The maximum atomic E-state index is 12.2. The molecule has 5 heteroatoms. The lowest BCUT2D eigenvalue weighted by molar-refractivity contribution is 0.0977. The van der Waals surface area contributed by atoms with Gasteiger partial charge < -0.3 is 5.32 Å². The van der Waals surface area contributed by atoms with Crippen LogP contribution < -0.4 is 10.6 Å². The highest BCUT2D eigenvalue weighted by atomic mass is 127. The maximum absolute atomic E-state index is 12.2. The van der Waals surface area contributed by atoms with E-state index in [0.717, 1.165) is 15.7 Å². The van der Waals surface area contributed by atoms with Crippen molar-refractivity contribution >= 4 is 51.5 Å². The summed E-state index contributed by atoms with van der Waals surface area (Å²) < 4.78 is 1.01. The fourth-order valence-electron chi connectivity index (χ4n) is 2.22. The molecule has 0 saturated carbocycles. The first-order valence-electron chi connectivity index (χ1n) is 7.48. The minimum atomic E-state index is -0.206. The van der Waals surface area contributed by atoms with Gasteiger partial charge in [-0.2, -0.15) is 0 Å². The van der Waals surface area contributed by atoms with E-state index >= 15 is 0 Å². The van der Waals surface area contributed by atoms with Gasteiger partial charge in [-0.3, -0.25) is 10.1 Å². The molecule has 0 bridgehead atoms. The number of thiocarbonyl (C=S) groups is 1. The second kappa shape index (κ2) is 8.40. The number of nitrogens with one attached hydrogen (secondary N) is 2. The standard InChI is InChI=1S/C18H19IN2OS/c1-3-12(2)15-9-4-5-10-16(15)20-18(23)21-17(22)13-7-6-8-14(19)11-13/h4-12H,3H2,1-2H3,(H2,20,21,22,23). The fourth-order valence-corrected chi connectivity index (χ4v) is 2.96. The SMILES string of the molecule is CCC(C)c1ccccc1NC(=S)NC(=O)c1cccc(I)c1. The van der Waals surface area contributed by atoms with Crippen LogP contribution in [0.1, 0.15) is 42.1 Å². The van der Waals surface area contributed by atoms with Crippen LogP contribution in [0, 0.1) is 3.57 Å². The van der Waals surface area contributed by atoms with Gasteiger partial charge in [-0.15, -0.1) is 0 Å². The summed E-state index contributed by atoms with van der Waals surface area (Å²) in [6.07, 6.45) is 1.04. The zero-order valence-corrected chi connectivity index (χ0v) is 16.1. The van der Waals surface area contributed by atoms with Crippen LogP contribution in [0.3, 0.4) is 0 Å². The largest absolute Gasteiger partial charge is 0.332 e. The second-order valence-corrected chi connectivity index (χ2v) is 6.97. The van der Waals surface area contributed by atoms with Crippen LogP contribution in [-0.2, 0) is 0 Å². The zero-order valence-electron chi connectivity index (χ0n) is 13.1. The van der Waals surface area contributed by atoms with Gasteiger partial charge >= 0.3 is 0 Å². The molecule has 1 unspecified atom stereocenters. The summed E-state index contributed by atoms with van der Waals surface area (Å²) in [5.74, 6) is 0.218. The minimum absolute atomic E-state index is 0.206. The van der Waals surface area contributed by atoms with E-state index in [1.165, 1.54) is 5.56 Å². The Morgan fingerprint density at radius 1 is 1.22 bits per heavy atom. The van der Waals surface area contributed by atoms with Crippen molar-refractivity contribution in [3.8, 4) is 0 Å². The lowest BCUT2D eigenvalue weighted by atomic mass is 9.97. The Morgan fingerprint density at radius 3 is 2.65 bits per heavy atom. The molecule has 0 saturated heterocycles. The number of hydrogen-bond donors (Lipinski definition) is 2. The molecule has 0 aliphatic heterocycles. The van der Waals surface area contributed by atoms with Crippen molar-refractivity contribution in [2.75, 3.05) is 5.32 Å². The Kier molecular flexibility index (Phi) is 6.53. The number of carbonyl (C=O) groups excluding carboxylic acids is 1. The number of benzene rings is 2. The maximum Gasteiger partial charge on any atom is 0.257 e. The fraction of sp³-hybridized carbons (Fsp3) is 0.222. The van der Waals surface area contributed by atoms with Gasteiger partial charge in [0, 0.05) is 14.8 Å². The molecule has 2 aromatic rings. The molecule has 0 aliphatic rings. The van der Waals surface area contributed by atoms with Crippen LogP contribution in [0.15, 0.2) is 48.5 Å². The first-order chi connectivity index (χ1) is 11.0. The third-order valence-corrected chi connectivity index (χ3v) is 4.54. The van der Waals surface area contributed by atoms with E-state index in [9.17, 15) is 4.79 Å². The van der Waals surface area contributed by atoms with Crippen molar-refractivity contribution in [2.24, 2.45) is 0 Å². The van der Waals surface area contributed by atoms with Crippen LogP contribution in [0.2, 0.25) is 0 Å². The normalized spacial score (nSPS) is 11.6. The zero-order chi connectivity index (χ0) is 16.8. The van der Waals surface area contributed by atoms with Crippen molar-refractivity contribution in [3.63, 3.8) is 0 Å². The summed E-state index contributed by atoms with van der Waals surface area (Å²) in [6, 6.07) is 15.4. The third kappa shape index (κ3) is 5.00. The number of halogens is 1. The number of amides is 1. The summed E-state index contributed by atoms with van der Waals surface area (Å²) in [4.78, 5) is 12.2. The van der Waals surface area contributed by atoms with Gasteiger partial charge in [-0.05, 0) is 77.0 Å². The Morgan fingerprint density at radius 2 is 1.96 bits per heavy atom. The molecule has 1 atom stereocenters. The smallest absolute Gasteiger partial charge is 0.257 e. The quantitative estimate of drug-likeness (QED) is 0.526. The van der Waals surface area contributed by atoms with Gasteiger partial charge in [0.05, 0.1) is 0 Å². The van der Waals surface area contributed by atoms with Gasteiger partial charge in [0.2, 0.25) is 0 Å². The molecule has 120 valence electrons. The van der Waals surface area contributed by atoms with Crippen LogP contribution in [-0.4, -0.2) is 11.0 Å². The van der Waals surface area contributed by atoms with E-state index in [-0.39, 0.29) is 5.91 Å². The van der Waals surface area contributed by atoms with E-state index < -0.39 is 0 Å². The average molecular weight is 438 g/mol. The Hall–Kier alpha value is -1.47. The molecule has 2 rings (SSSR count). The summed E-state index contributed by atoms with van der Waals surface area (Å²) in [5.41, 5.74) is 2.73. The van der Waals surface area contributed by atoms with Crippen molar-refractivity contribution < 1.29 is 4.79 Å². The van der Waals surface area contributed by atoms with Crippen LogP contribution in [0.25, 0.3) is 0 Å². The summed E-state index contributed by atoms with van der Waals surface area (Å²) >= 11 is 7.46. The number of hydrogen-bond acceptors (Lipinski definition) is 2. The number of para-hydroxylation sites is 1. The summed E-state index contributed by atoms with van der Waals surface area (Å²) in [7, 11) is 0. The van der Waals surface area contributed by atoms with Crippen molar-refractivity contribution in [1.29, 1.82) is 0 Å². The van der Waals surface area contributed by atoms with E-state index in [4.69, 9.17) is 12.2 Å². The van der Waals surface area contributed by atoms with E-state index in [0.29, 0.717) is 16.6 Å². The van der Waals surface area contributed by atoms with Gasteiger partial charge in [-0.1, -0.05) is 38.1 Å². The molecule has 3 nitrogen and oxygen atoms in total. The monoisotopic (exact) mass is 438 g/mol. The van der Waals surface area contributed by atoms with Crippen LogP contribution >= 0.6 is 34.8 Å². The van der Waals surface area contributed by atoms with Crippen molar-refractivity contribution in [1.82, 2.24) is 5.32 Å². The number of anilines is 1. The molecule has 0 aromatic heterocycles. The second-order valence-electron chi connectivity index (χ2n) is 5.32. The van der Waals surface area contributed by atoms with Crippen LogP contribution in [0.4, 0.5) is 5.69 Å². The average Bonchev–Trinajstić information content (AvgIpc) is 2.54. The molecule has 0 aliphatic carbocycles. The van der Waals surface area contributed by atoms with Crippen LogP contribution in [0.5, 0.6) is 0 Å². The van der Waals surface area contributed by atoms with Gasteiger partial charge in [-0.25, -0.2) is 0 Å². The van der Waals surface area contributed by atoms with Gasteiger partial charge in [0.15, 0.2) is 5.11 Å². The molecular formula is C18H19IN2OS. The lowest BCUT2D eigenvalue weighted by Gasteiger charge is -2.17. The molecule has 0 fully saturated rings. The Bertz CT molecular complexity index is 718. The number of carbonyl (C=O) groups is 1. The molecule has 0 spiro atoms. The third-order valence-electron chi connectivity index (χ3n) is 3.67. The van der Waals surface area contributed by atoms with Gasteiger partial charge in [0.1, 0.15) is 0 Å². The van der Waals surface area contributed by atoms with E-state index in [2.05, 4.69) is 53.1 Å². The summed E-state index contributed by atoms with van der Waals surface area (Å²) in [5, 5.41) is 6.18. The van der Waals surface area contributed by atoms with E-state index in [1.54, 1.807) is 6.07 Å². The Labute approximate surface area is 156 Å². The van der Waals surface area contributed by atoms with Gasteiger partial charge in [0.25, 0.3) is 5.91 Å². The molecule has 1 amide bonds. The minimum Gasteiger partial charge on any atom is -0.332 e. The highest BCUT2D eigenvalue weighted by Crippen LogP contribution is 2.26. The lowest BCUT2D eigenvalue weighted by Crippen LogP contribution is -2.34. The van der Waals surface area contributed by atoms with Crippen molar-refractivity contribution in [3.05, 3.63) is 63.2 Å². The summed E-state index contributed by atoms with van der Waals surface area (Å²) in [6.45, 7) is 4.33. The molecular weight excluding hydrogens is 419 g/mol. The Balaban J connectivity index is 2.07. The first kappa shape index (κ1) is 17.9. The highest BCUT2D eigenvalue weighted by molar-refractivity contribution is 14.1. The molecule has 0 radical (unpaired) electrons. The predicted octanol–water partition coefficient (Wildman–Crippen LogP) is 4.93. The predicted molar refractivity (Wildman–Crippen MR) is 108 cm³/mol. The molecule has 2 N–H and O–H groups in total. The molecule has 23 heavy (non-hydrogen) atoms. The topological polar surface area (TPSA) is 41.1 Å². The molecule has 2 aromatic carbocycles. The van der Waals surface area contributed by atoms with Crippen molar-refractivity contribution in [2.45, 2.75) is 26.2 Å².